The van der Waals surface area contributed by atoms with E-state index in [9.17, 15) is 0 Å². The molecule has 0 aromatic carbocycles. The number of hydrogen-bond donors (Lipinski definition) is 1. The zero-order chi connectivity index (χ0) is 14.5. The average Bonchev–Trinajstić information content (AvgIpc) is 2.83. The summed E-state index contributed by atoms with van der Waals surface area (Å²) in [5.41, 5.74) is 1.12. The third kappa shape index (κ3) is 4.08. The fraction of sp³-hybridized carbons (Fsp3) is 0.667. The normalized spacial score (nSPS) is 19.5. The molecule has 1 saturated heterocycles. The second-order valence-electron chi connectivity index (χ2n) is 5.71. The van der Waals surface area contributed by atoms with Crippen LogP contribution < -0.4 is 10.2 Å². The van der Waals surface area contributed by atoms with E-state index >= 15 is 0 Å². The number of halogens is 1. The van der Waals surface area contributed by atoms with Crippen LogP contribution in [0.4, 0.5) is 5.82 Å². The molecule has 1 unspecified atom stereocenters. The predicted molar refractivity (Wildman–Crippen MR) is 85.5 cm³/mol. The summed E-state index contributed by atoms with van der Waals surface area (Å²) in [6, 6.07) is 2.10. The first-order valence-electron chi connectivity index (χ1n) is 7.35. The second-order valence-corrected chi connectivity index (χ2v) is 6.12. The molecule has 1 N–H and O–H groups in total. The van der Waals surface area contributed by atoms with Crippen molar-refractivity contribution >= 4 is 17.4 Å². The standard InChI is InChI=1S/C15H25ClN4/c1-4-17-8-13-7-15(18-9-14(13)16)20(3)11-12-5-6-19(2)10-12/h7,9,12,17H,4-6,8,10-11H2,1-3H3. The number of aromatic nitrogens is 1. The molecule has 0 radical (unpaired) electrons. The molecule has 1 aliphatic rings. The van der Waals surface area contributed by atoms with Gasteiger partial charge in [0.05, 0.1) is 5.02 Å². The van der Waals surface area contributed by atoms with Crippen LogP contribution in [0.1, 0.15) is 18.9 Å². The number of likely N-dealkylation sites (tertiary alicyclic amines) is 1. The Hall–Kier alpha value is -0.840. The van der Waals surface area contributed by atoms with Crippen LogP contribution >= 0.6 is 11.6 Å². The van der Waals surface area contributed by atoms with E-state index < -0.39 is 0 Å². The highest BCUT2D eigenvalue weighted by molar-refractivity contribution is 6.31. The molecule has 20 heavy (non-hydrogen) atoms. The van der Waals surface area contributed by atoms with Gasteiger partial charge in [0.2, 0.25) is 0 Å². The van der Waals surface area contributed by atoms with Crippen molar-refractivity contribution < 1.29 is 0 Å². The van der Waals surface area contributed by atoms with Gasteiger partial charge in [-0.05, 0) is 44.1 Å². The van der Waals surface area contributed by atoms with Crippen LogP contribution in [0.5, 0.6) is 0 Å². The number of anilines is 1. The molecule has 2 rings (SSSR count). The van der Waals surface area contributed by atoms with E-state index in [4.69, 9.17) is 11.6 Å². The van der Waals surface area contributed by atoms with Crippen molar-refractivity contribution in [2.75, 3.05) is 45.2 Å². The van der Waals surface area contributed by atoms with Crippen LogP contribution in [0.15, 0.2) is 12.3 Å². The summed E-state index contributed by atoms with van der Waals surface area (Å²) in [6.45, 7) is 7.28. The molecule has 2 heterocycles. The van der Waals surface area contributed by atoms with Gasteiger partial charge in [0.1, 0.15) is 5.82 Å². The van der Waals surface area contributed by atoms with Crippen molar-refractivity contribution in [3.05, 3.63) is 22.8 Å². The highest BCUT2D eigenvalue weighted by atomic mass is 35.5. The summed E-state index contributed by atoms with van der Waals surface area (Å²) in [5.74, 6) is 1.75. The molecule has 0 spiro atoms. The number of nitrogens with zero attached hydrogens (tertiary/aromatic N) is 3. The van der Waals surface area contributed by atoms with Gasteiger partial charge < -0.3 is 15.1 Å². The molecule has 1 aliphatic heterocycles. The number of pyridine rings is 1. The Balaban J connectivity index is 2.00. The maximum atomic E-state index is 6.20. The largest absolute Gasteiger partial charge is 0.359 e. The van der Waals surface area contributed by atoms with Crippen LogP contribution in [0.3, 0.4) is 0 Å². The predicted octanol–water partition coefficient (Wildman–Crippen LogP) is 2.23. The second kappa shape index (κ2) is 7.25. The Labute approximate surface area is 127 Å². The van der Waals surface area contributed by atoms with Gasteiger partial charge in [0.15, 0.2) is 0 Å². The van der Waals surface area contributed by atoms with E-state index in [2.05, 4.69) is 47.2 Å². The highest BCUT2D eigenvalue weighted by Crippen LogP contribution is 2.22. The summed E-state index contributed by atoms with van der Waals surface area (Å²) in [7, 11) is 4.31. The number of nitrogens with one attached hydrogen (secondary N) is 1. The van der Waals surface area contributed by atoms with Gasteiger partial charge in [-0.1, -0.05) is 18.5 Å². The van der Waals surface area contributed by atoms with Crippen LogP contribution in [-0.4, -0.2) is 50.2 Å². The van der Waals surface area contributed by atoms with E-state index in [-0.39, 0.29) is 0 Å². The van der Waals surface area contributed by atoms with Crippen molar-refractivity contribution in [3.8, 4) is 0 Å². The minimum Gasteiger partial charge on any atom is -0.359 e. The first kappa shape index (κ1) is 15.5. The molecule has 1 aromatic heterocycles. The van der Waals surface area contributed by atoms with Gasteiger partial charge in [-0.15, -0.1) is 0 Å². The smallest absolute Gasteiger partial charge is 0.128 e. The number of rotatable bonds is 6. The topological polar surface area (TPSA) is 31.4 Å². The van der Waals surface area contributed by atoms with Crippen LogP contribution in [0, 0.1) is 5.92 Å². The quantitative estimate of drug-likeness (QED) is 0.872. The SMILES string of the molecule is CCNCc1cc(N(C)CC2CCN(C)C2)ncc1Cl. The lowest BCUT2D eigenvalue weighted by Crippen LogP contribution is -2.28. The Bertz CT molecular complexity index is 438. The van der Waals surface area contributed by atoms with Crippen molar-refractivity contribution in [1.29, 1.82) is 0 Å². The first-order chi connectivity index (χ1) is 9.60. The third-order valence-corrected chi connectivity index (χ3v) is 4.24. The maximum absolute atomic E-state index is 6.20. The Kier molecular flexibility index (Phi) is 5.64. The van der Waals surface area contributed by atoms with Crippen molar-refractivity contribution in [2.24, 2.45) is 5.92 Å². The summed E-state index contributed by atoms with van der Waals surface area (Å²) in [4.78, 5) is 9.10. The zero-order valence-electron chi connectivity index (χ0n) is 12.7. The fourth-order valence-electron chi connectivity index (χ4n) is 2.73. The summed E-state index contributed by atoms with van der Waals surface area (Å²) in [5, 5.41) is 4.05. The van der Waals surface area contributed by atoms with Gasteiger partial charge in [-0.2, -0.15) is 0 Å². The van der Waals surface area contributed by atoms with Gasteiger partial charge >= 0.3 is 0 Å². The van der Waals surface area contributed by atoms with E-state index in [1.165, 1.54) is 19.5 Å². The van der Waals surface area contributed by atoms with Gasteiger partial charge in [0, 0.05) is 32.9 Å². The monoisotopic (exact) mass is 296 g/mol. The van der Waals surface area contributed by atoms with E-state index in [0.29, 0.717) is 0 Å². The molecule has 0 bridgehead atoms. The lowest BCUT2D eigenvalue weighted by Gasteiger charge is -2.23. The lowest BCUT2D eigenvalue weighted by molar-refractivity contribution is 0.395. The molecule has 4 nitrogen and oxygen atoms in total. The Morgan fingerprint density at radius 3 is 3.00 bits per heavy atom. The van der Waals surface area contributed by atoms with E-state index in [1.54, 1.807) is 6.20 Å². The number of hydrogen-bond acceptors (Lipinski definition) is 4. The average molecular weight is 297 g/mol. The zero-order valence-corrected chi connectivity index (χ0v) is 13.5. The summed E-state index contributed by atoms with van der Waals surface area (Å²) < 4.78 is 0. The molecule has 0 amide bonds. The summed E-state index contributed by atoms with van der Waals surface area (Å²) in [6.07, 6.45) is 3.04. The van der Waals surface area contributed by atoms with Crippen LogP contribution in [0.25, 0.3) is 0 Å². The van der Waals surface area contributed by atoms with E-state index in [1.807, 2.05) is 0 Å². The fourth-order valence-corrected chi connectivity index (χ4v) is 2.90. The minimum atomic E-state index is 0.736. The Morgan fingerprint density at radius 1 is 1.55 bits per heavy atom. The molecule has 0 aliphatic carbocycles. The molecule has 0 saturated carbocycles. The lowest BCUT2D eigenvalue weighted by atomic mass is 10.1. The molecule has 1 atom stereocenters. The van der Waals surface area contributed by atoms with Gasteiger partial charge in [-0.3, -0.25) is 0 Å². The van der Waals surface area contributed by atoms with Gasteiger partial charge in [0.25, 0.3) is 0 Å². The highest BCUT2D eigenvalue weighted by Gasteiger charge is 2.21. The van der Waals surface area contributed by atoms with E-state index in [0.717, 1.165) is 42.0 Å². The molecular weight excluding hydrogens is 272 g/mol. The summed E-state index contributed by atoms with van der Waals surface area (Å²) >= 11 is 6.20. The first-order valence-corrected chi connectivity index (χ1v) is 7.72. The van der Waals surface area contributed by atoms with Crippen LogP contribution in [-0.2, 0) is 6.54 Å². The molecule has 5 heteroatoms. The molecular formula is C15H25ClN4. The van der Waals surface area contributed by atoms with Crippen molar-refractivity contribution in [2.45, 2.75) is 19.9 Å². The van der Waals surface area contributed by atoms with Crippen molar-refractivity contribution in [1.82, 2.24) is 15.2 Å². The molecule has 1 aromatic rings. The maximum Gasteiger partial charge on any atom is 0.128 e. The molecule has 112 valence electrons. The van der Waals surface area contributed by atoms with Crippen LogP contribution in [0.2, 0.25) is 5.02 Å². The third-order valence-electron chi connectivity index (χ3n) is 3.90. The van der Waals surface area contributed by atoms with Crippen molar-refractivity contribution in [3.63, 3.8) is 0 Å². The van der Waals surface area contributed by atoms with Gasteiger partial charge in [-0.25, -0.2) is 4.98 Å². The Morgan fingerprint density at radius 2 is 2.35 bits per heavy atom. The minimum absolute atomic E-state index is 0.736. The molecule has 1 fully saturated rings.